The zero-order valence-corrected chi connectivity index (χ0v) is 21.1. The molecule has 0 saturated carbocycles. The average Bonchev–Trinajstić information content (AvgIpc) is 2.77. The smallest absolute Gasteiger partial charge is 0.339 e. The molecule has 4 rings (SSSR count). The number of halogens is 3. The summed E-state index contributed by atoms with van der Waals surface area (Å²) in [6.45, 7) is 0. The van der Waals surface area contributed by atoms with Crippen LogP contribution in [0.25, 0.3) is 33.4 Å². The second-order valence-corrected chi connectivity index (χ2v) is 9.40. The molecule has 1 aliphatic carbocycles. The number of hydrogen-bond acceptors (Lipinski definition) is 6. The Labute approximate surface area is 214 Å². The summed E-state index contributed by atoms with van der Waals surface area (Å²) in [5, 5.41) is 39.4. The van der Waals surface area contributed by atoms with E-state index in [1.165, 1.54) is 12.1 Å². The van der Waals surface area contributed by atoms with E-state index < -0.39 is 40.2 Å². The Morgan fingerprint density at radius 1 is 0.794 bits per heavy atom. The third-order valence-corrected chi connectivity index (χ3v) is 7.19. The first-order chi connectivity index (χ1) is 16.0. The third kappa shape index (κ3) is 3.58. The average molecular weight is 657 g/mol. The first-order valence-electron chi connectivity index (χ1n) is 9.08. The molecule has 0 amide bonds. The zero-order chi connectivity index (χ0) is 25.1. The van der Waals surface area contributed by atoms with Crippen molar-refractivity contribution in [2.75, 3.05) is 0 Å². The van der Waals surface area contributed by atoms with Crippen molar-refractivity contribution in [3.63, 3.8) is 0 Å². The molecule has 1 aliphatic heterocycles. The van der Waals surface area contributed by atoms with Gasteiger partial charge in [0.2, 0.25) is 5.43 Å². The van der Waals surface area contributed by atoms with E-state index in [1.807, 2.05) is 0 Å². The molecule has 4 N–H and O–H groups in total. The van der Waals surface area contributed by atoms with E-state index in [4.69, 9.17) is 4.42 Å². The highest BCUT2D eigenvalue weighted by atomic mass is 79.9. The number of benzene rings is 3. The van der Waals surface area contributed by atoms with Crippen LogP contribution in [0.5, 0.6) is 5.75 Å². The fourth-order valence-electron chi connectivity index (χ4n) is 3.60. The van der Waals surface area contributed by atoms with E-state index in [9.17, 15) is 39.6 Å². The number of fused-ring (bicyclic) bond motifs is 2. The van der Waals surface area contributed by atoms with Crippen molar-refractivity contribution in [1.29, 1.82) is 0 Å². The van der Waals surface area contributed by atoms with Crippen LogP contribution in [0.4, 0.5) is 0 Å². The van der Waals surface area contributed by atoms with Crippen LogP contribution < -0.4 is 5.43 Å². The summed E-state index contributed by atoms with van der Waals surface area (Å²) in [5.74, 6) is -5.10. The molecule has 0 saturated heterocycles. The van der Waals surface area contributed by atoms with E-state index >= 15 is 0 Å². The maximum Gasteiger partial charge on any atom is 0.339 e. The lowest BCUT2D eigenvalue weighted by molar-refractivity contribution is 0.0683. The van der Waals surface area contributed by atoms with Crippen LogP contribution in [0.15, 0.2) is 53.0 Å². The summed E-state index contributed by atoms with van der Waals surface area (Å²) in [4.78, 5) is 48.2. The van der Waals surface area contributed by atoms with Crippen molar-refractivity contribution in [1.82, 2.24) is 0 Å². The highest BCUT2D eigenvalue weighted by Crippen LogP contribution is 2.49. The minimum absolute atomic E-state index is 0.0275. The summed E-state index contributed by atoms with van der Waals surface area (Å²) >= 11 is 9.51. The quantitative estimate of drug-likeness (QED) is 0.203. The van der Waals surface area contributed by atoms with Crippen molar-refractivity contribution >= 4 is 76.7 Å². The fourth-order valence-corrected chi connectivity index (χ4v) is 5.18. The molecule has 0 radical (unpaired) electrons. The Balaban J connectivity index is 2.41. The van der Waals surface area contributed by atoms with E-state index in [-0.39, 0.29) is 47.9 Å². The molecule has 0 fully saturated rings. The monoisotopic (exact) mass is 654 g/mol. The molecule has 0 atom stereocenters. The minimum Gasteiger partial charge on any atom is -0.506 e. The van der Waals surface area contributed by atoms with Crippen LogP contribution in [0.1, 0.15) is 31.1 Å². The van der Waals surface area contributed by atoms with Crippen molar-refractivity contribution in [2.24, 2.45) is 0 Å². The third-order valence-electron chi connectivity index (χ3n) is 5.07. The molecule has 2 aliphatic rings. The molecule has 2 aromatic carbocycles. The molecule has 0 aromatic heterocycles. The van der Waals surface area contributed by atoms with Gasteiger partial charge >= 0.3 is 17.9 Å². The largest absolute Gasteiger partial charge is 0.506 e. The number of carboxylic acid groups (broad SMARTS) is 3. The standard InChI is InChI=1S/C22H9Br3O9/c23-11-3-1-2-6(20(28)29)13(11)12-7-4-9(21(30)31)16(26)14(24)18(7)34-19-8(12)5-10(22(32)33)17(27)15(19)25/h1-5,26H,(H,28,29)(H,30,31)(H,32,33). The number of hydrogen-bond donors (Lipinski definition) is 4. The number of carboxylic acids is 3. The maximum atomic E-state index is 12.6. The van der Waals surface area contributed by atoms with Gasteiger partial charge in [-0.2, -0.15) is 0 Å². The molecule has 2 aromatic rings. The van der Waals surface area contributed by atoms with Gasteiger partial charge in [-0.25, -0.2) is 14.4 Å². The number of aromatic carboxylic acids is 3. The Morgan fingerprint density at radius 2 is 1.41 bits per heavy atom. The van der Waals surface area contributed by atoms with E-state index in [0.29, 0.717) is 4.47 Å². The Kier molecular flexibility index (Phi) is 6.00. The topological polar surface area (TPSA) is 162 Å². The second kappa shape index (κ2) is 8.53. The predicted molar refractivity (Wildman–Crippen MR) is 130 cm³/mol. The summed E-state index contributed by atoms with van der Waals surface area (Å²) in [7, 11) is 0. The highest BCUT2D eigenvalue weighted by molar-refractivity contribution is 9.11. The molecule has 34 heavy (non-hydrogen) atoms. The molecule has 0 bridgehead atoms. The predicted octanol–water partition coefficient (Wildman–Crippen LogP) is 5.65. The van der Waals surface area contributed by atoms with E-state index in [2.05, 4.69) is 47.8 Å². The Hall–Kier alpha value is -3.22. The Bertz CT molecular complexity index is 1600. The van der Waals surface area contributed by atoms with Gasteiger partial charge in [0.1, 0.15) is 25.8 Å². The molecular formula is C22H9Br3O9. The van der Waals surface area contributed by atoms with Gasteiger partial charge in [0.25, 0.3) is 0 Å². The van der Waals surface area contributed by atoms with Crippen molar-refractivity contribution < 1.29 is 39.2 Å². The van der Waals surface area contributed by atoms with Crippen LogP contribution in [0, 0.1) is 0 Å². The lowest BCUT2D eigenvalue weighted by Gasteiger charge is -2.20. The number of rotatable bonds is 4. The van der Waals surface area contributed by atoms with Crippen LogP contribution in [0.3, 0.4) is 0 Å². The lowest BCUT2D eigenvalue weighted by atomic mass is 9.89. The van der Waals surface area contributed by atoms with Crippen LogP contribution in [-0.4, -0.2) is 38.3 Å². The van der Waals surface area contributed by atoms with Crippen molar-refractivity contribution in [3.05, 3.63) is 70.7 Å². The SMILES string of the molecule is O=C(O)c1cc2c(-c3c(Br)cccc3C(=O)O)c3cc(C(=O)O)c(=O)c(Br)c-3oc2c(Br)c1O. The normalized spacial score (nSPS) is 11.1. The first-order valence-corrected chi connectivity index (χ1v) is 11.5. The molecule has 0 unspecified atom stereocenters. The highest BCUT2D eigenvalue weighted by Gasteiger charge is 2.30. The van der Waals surface area contributed by atoms with Crippen LogP contribution in [-0.2, 0) is 0 Å². The van der Waals surface area contributed by atoms with Gasteiger partial charge < -0.3 is 24.8 Å². The van der Waals surface area contributed by atoms with Gasteiger partial charge in [-0.05, 0) is 56.1 Å². The van der Waals surface area contributed by atoms with Gasteiger partial charge in [0.05, 0.1) is 5.56 Å². The number of phenols is 1. The van der Waals surface area contributed by atoms with Gasteiger partial charge in [-0.3, -0.25) is 4.79 Å². The van der Waals surface area contributed by atoms with Gasteiger partial charge in [-0.1, -0.05) is 22.0 Å². The fraction of sp³-hybridized carbons (Fsp3) is 0. The maximum absolute atomic E-state index is 12.6. The zero-order valence-electron chi connectivity index (χ0n) is 16.4. The van der Waals surface area contributed by atoms with Gasteiger partial charge in [0.15, 0.2) is 11.3 Å². The van der Waals surface area contributed by atoms with Crippen LogP contribution in [0.2, 0.25) is 0 Å². The molecular weight excluding hydrogens is 648 g/mol. The molecule has 0 spiro atoms. The van der Waals surface area contributed by atoms with Gasteiger partial charge in [-0.15, -0.1) is 0 Å². The van der Waals surface area contributed by atoms with Crippen molar-refractivity contribution in [3.8, 4) is 28.2 Å². The summed E-state index contributed by atoms with van der Waals surface area (Å²) in [5.41, 5.74) is -2.12. The molecule has 172 valence electrons. The summed E-state index contributed by atoms with van der Waals surface area (Å²) in [6, 6.07) is 6.46. The summed E-state index contributed by atoms with van der Waals surface area (Å²) < 4.78 is 5.73. The van der Waals surface area contributed by atoms with Crippen molar-refractivity contribution in [2.45, 2.75) is 0 Å². The Morgan fingerprint density at radius 3 is 2.00 bits per heavy atom. The second-order valence-electron chi connectivity index (χ2n) is 6.96. The lowest BCUT2D eigenvalue weighted by Crippen LogP contribution is -2.17. The minimum atomic E-state index is -1.53. The summed E-state index contributed by atoms with van der Waals surface area (Å²) in [6.07, 6.45) is 0. The van der Waals surface area contributed by atoms with Crippen LogP contribution >= 0.6 is 47.8 Å². The van der Waals surface area contributed by atoms with Gasteiger partial charge in [0, 0.05) is 26.5 Å². The first kappa shape index (κ1) is 23.9. The number of aromatic hydroxyl groups is 1. The van der Waals surface area contributed by atoms with E-state index in [1.54, 1.807) is 6.07 Å². The van der Waals surface area contributed by atoms with E-state index in [0.717, 1.165) is 12.1 Å². The molecule has 1 heterocycles. The number of carbonyl (C=O) groups is 3. The molecule has 12 heteroatoms. The molecule has 9 nitrogen and oxygen atoms in total.